The molecule has 2 N–H and O–H groups in total. The molecular formula is C18H17ClN2O4S. The molecule has 26 heavy (non-hydrogen) atoms. The average Bonchev–Trinajstić information content (AvgIpc) is 2.66. The van der Waals surface area contributed by atoms with Gasteiger partial charge in [0.05, 0.1) is 10.6 Å². The largest absolute Gasteiger partial charge is 0.449 e. The Morgan fingerprint density at radius 3 is 2.42 bits per heavy atom. The number of nitrogens with one attached hydrogen (secondary N) is 2. The van der Waals surface area contributed by atoms with Gasteiger partial charge < -0.3 is 4.74 Å². The molecule has 2 aromatic carbocycles. The summed E-state index contributed by atoms with van der Waals surface area (Å²) in [4.78, 5) is 37.0. The van der Waals surface area contributed by atoms with E-state index in [1.807, 2.05) is 6.26 Å². The lowest BCUT2D eigenvalue weighted by atomic mass is 10.2. The van der Waals surface area contributed by atoms with Crippen LogP contribution in [0, 0.1) is 0 Å². The number of esters is 1. The number of amides is 2. The zero-order chi connectivity index (χ0) is 19.1. The molecular weight excluding hydrogens is 376 g/mol. The molecule has 2 amide bonds. The van der Waals surface area contributed by atoms with Crippen LogP contribution in [0.25, 0.3) is 0 Å². The third-order valence-corrected chi connectivity index (χ3v) is 4.44. The monoisotopic (exact) mass is 392 g/mol. The van der Waals surface area contributed by atoms with Gasteiger partial charge >= 0.3 is 5.97 Å². The molecule has 1 atom stereocenters. The molecule has 0 aliphatic carbocycles. The molecule has 2 rings (SSSR count). The summed E-state index contributed by atoms with van der Waals surface area (Å²) in [5.74, 6) is -1.86. The summed E-state index contributed by atoms with van der Waals surface area (Å²) >= 11 is 7.46. The van der Waals surface area contributed by atoms with Crippen LogP contribution >= 0.6 is 23.4 Å². The molecule has 0 spiro atoms. The van der Waals surface area contributed by atoms with Crippen molar-refractivity contribution < 1.29 is 19.1 Å². The molecule has 0 aromatic heterocycles. The quantitative estimate of drug-likeness (QED) is 0.464. The van der Waals surface area contributed by atoms with Crippen molar-refractivity contribution in [1.82, 2.24) is 10.9 Å². The second-order valence-electron chi connectivity index (χ2n) is 5.20. The molecule has 0 heterocycles. The van der Waals surface area contributed by atoms with E-state index in [9.17, 15) is 14.4 Å². The predicted molar refractivity (Wildman–Crippen MR) is 100 cm³/mol. The van der Waals surface area contributed by atoms with Crippen LogP contribution in [-0.4, -0.2) is 30.1 Å². The van der Waals surface area contributed by atoms with Gasteiger partial charge in [0.25, 0.3) is 11.8 Å². The molecule has 6 nitrogen and oxygen atoms in total. The Morgan fingerprint density at radius 1 is 1.08 bits per heavy atom. The molecule has 0 bridgehead atoms. The number of hydrogen-bond donors (Lipinski definition) is 2. The lowest BCUT2D eigenvalue weighted by Crippen LogP contribution is -2.46. The van der Waals surface area contributed by atoms with Crippen LogP contribution in [0.1, 0.15) is 27.6 Å². The Hall–Kier alpha value is -2.51. The minimum Gasteiger partial charge on any atom is -0.449 e. The third kappa shape index (κ3) is 5.24. The summed E-state index contributed by atoms with van der Waals surface area (Å²) < 4.78 is 5.12. The van der Waals surface area contributed by atoms with Gasteiger partial charge in [-0.15, -0.1) is 11.8 Å². The van der Waals surface area contributed by atoms with Gasteiger partial charge in [-0.1, -0.05) is 29.8 Å². The van der Waals surface area contributed by atoms with Gasteiger partial charge in [-0.2, -0.15) is 0 Å². The van der Waals surface area contributed by atoms with Crippen molar-refractivity contribution in [3.8, 4) is 0 Å². The maximum Gasteiger partial charge on any atom is 0.340 e. The van der Waals surface area contributed by atoms with Gasteiger partial charge in [0.2, 0.25) is 0 Å². The normalized spacial score (nSPS) is 11.3. The molecule has 8 heteroatoms. The van der Waals surface area contributed by atoms with Crippen LogP contribution in [0.5, 0.6) is 0 Å². The fraction of sp³-hybridized carbons (Fsp3) is 0.167. The maximum atomic E-state index is 12.2. The number of thioether (sulfide) groups is 1. The standard InChI is InChI=1S/C18H17ClN2O4S/c1-11(16(22)20-21-17(23)12-6-4-3-5-7-12)25-18(24)14-10-13(26-2)8-9-15(14)19/h3-11H,1-2H3,(H,20,22)(H,21,23)/t11-/m0/s1. The minimum atomic E-state index is -1.12. The Labute approximate surface area is 160 Å². The van der Waals surface area contributed by atoms with Crippen molar-refractivity contribution in [1.29, 1.82) is 0 Å². The van der Waals surface area contributed by atoms with Gasteiger partial charge in [-0.3, -0.25) is 20.4 Å². The van der Waals surface area contributed by atoms with E-state index in [4.69, 9.17) is 16.3 Å². The van der Waals surface area contributed by atoms with Crippen molar-refractivity contribution >= 4 is 41.1 Å². The topological polar surface area (TPSA) is 84.5 Å². The Morgan fingerprint density at radius 2 is 1.77 bits per heavy atom. The maximum absolute atomic E-state index is 12.2. The molecule has 136 valence electrons. The van der Waals surface area contributed by atoms with Crippen LogP contribution in [-0.2, 0) is 9.53 Å². The van der Waals surface area contributed by atoms with Gasteiger partial charge in [0.15, 0.2) is 6.10 Å². The number of ether oxygens (including phenoxy) is 1. The lowest BCUT2D eigenvalue weighted by Gasteiger charge is -2.15. The molecule has 0 saturated heterocycles. The average molecular weight is 393 g/mol. The van der Waals surface area contributed by atoms with E-state index in [0.29, 0.717) is 5.56 Å². The first-order valence-electron chi connectivity index (χ1n) is 7.62. The summed E-state index contributed by atoms with van der Waals surface area (Å²) in [6.07, 6.45) is 0.747. The molecule has 0 fully saturated rings. The second-order valence-corrected chi connectivity index (χ2v) is 6.49. The molecule has 0 unspecified atom stereocenters. The number of benzene rings is 2. The van der Waals surface area contributed by atoms with E-state index in [2.05, 4.69) is 10.9 Å². The van der Waals surface area contributed by atoms with Crippen molar-refractivity contribution in [2.45, 2.75) is 17.9 Å². The first-order valence-corrected chi connectivity index (χ1v) is 9.22. The van der Waals surface area contributed by atoms with Crippen molar-refractivity contribution in [2.24, 2.45) is 0 Å². The van der Waals surface area contributed by atoms with Gasteiger partial charge in [0.1, 0.15) is 0 Å². The summed E-state index contributed by atoms with van der Waals surface area (Å²) in [5.41, 5.74) is 5.04. The van der Waals surface area contributed by atoms with Crippen molar-refractivity contribution in [3.05, 3.63) is 64.7 Å². The van der Waals surface area contributed by atoms with E-state index in [-0.39, 0.29) is 10.6 Å². The SMILES string of the molecule is CSc1ccc(Cl)c(C(=O)O[C@@H](C)C(=O)NNC(=O)c2ccccc2)c1. The first kappa shape index (κ1) is 19.8. The van der Waals surface area contributed by atoms with E-state index in [1.54, 1.807) is 48.5 Å². The predicted octanol–water partition coefficient (Wildman–Crippen LogP) is 3.07. The Kier molecular flexibility index (Phi) is 7.06. The zero-order valence-electron chi connectivity index (χ0n) is 14.1. The minimum absolute atomic E-state index is 0.173. The molecule has 0 radical (unpaired) electrons. The number of carbonyl (C=O) groups is 3. The highest BCUT2D eigenvalue weighted by Gasteiger charge is 2.21. The molecule has 0 aliphatic heterocycles. The molecule has 2 aromatic rings. The summed E-state index contributed by atoms with van der Waals surface area (Å²) in [6.45, 7) is 1.40. The van der Waals surface area contributed by atoms with Gasteiger partial charge in [-0.05, 0) is 43.5 Å². The Bertz CT molecular complexity index is 814. The summed E-state index contributed by atoms with van der Waals surface area (Å²) in [7, 11) is 0. The number of hydrogen-bond acceptors (Lipinski definition) is 5. The first-order chi connectivity index (χ1) is 12.4. The molecule has 0 aliphatic rings. The summed E-state index contributed by atoms with van der Waals surface area (Å²) in [6, 6.07) is 13.3. The number of hydrazine groups is 1. The van der Waals surface area contributed by atoms with Crippen molar-refractivity contribution in [2.75, 3.05) is 6.26 Å². The molecule has 0 saturated carbocycles. The number of rotatable bonds is 5. The van der Waals surface area contributed by atoms with Crippen LogP contribution in [0.2, 0.25) is 5.02 Å². The fourth-order valence-electron chi connectivity index (χ4n) is 1.95. The second kappa shape index (κ2) is 9.26. The number of carbonyl (C=O) groups excluding carboxylic acids is 3. The Balaban J connectivity index is 1.92. The third-order valence-electron chi connectivity index (χ3n) is 3.38. The smallest absolute Gasteiger partial charge is 0.340 e. The van der Waals surface area contributed by atoms with Crippen LogP contribution in [0.4, 0.5) is 0 Å². The summed E-state index contributed by atoms with van der Waals surface area (Å²) in [5, 5.41) is 0.234. The van der Waals surface area contributed by atoms with E-state index in [0.717, 1.165) is 4.90 Å². The van der Waals surface area contributed by atoms with Crippen LogP contribution in [0.3, 0.4) is 0 Å². The van der Waals surface area contributed by atoms with Gasteiger partial charge in [0, 0.05) is 10.5 Å². The van der Waals surface area contributed by atoms with Gasteiger partial charge in [-0.25, -0.2) is 4.79 Å². The van der Waals surface area contributed by atoms with Crippen molar-refractivity contribution in [3.63, 3.8) is 0 Å². The number of halogens is 1. The lowest BCUT2D eigenvalue weighted by molar-refractivity contribution is -0.129. The highest BCUT2D eigenvalue weighted by Crippen LogP contribution is 2.24. The van der Waals surface area contributed by atoms with Crippen LogP contribution in [0.15, 0.2) is 53.4 Å². The van der Waals surface area contributed by atoms with E-state index in [1.165, 1.54) is 18.7 Å². The van der Waals surface area contributed by atoms with E-state index < -0.39 is 23.9 Å². The fourth-order valence-corrected chi connectivity index (χ4v) is 2.58. The zero-order valence-corrected chi connectivity index (χ0v) is 15.7. The highest BCUT2D eigenvalue weighted by molar-refractivity contribution is 7.98. The highest BCUT2D eigenvalue weighted by atomic mass is 35.5. The van der Waals surface area contributed by atoms with E-state index >= 15 is 0 Å². The van der Waals surface area contributed by atoms with Crippen LogP contribution < -0.4 is 10.9 Å².